The molecule has 8 heteroatoms. The summed E-state index contributed by atoms with van der Waals surface area (Å²) in [5.41, 5.74) is 7.01. The van der Waals surface area contributed by atoms with Crippen molar-refractivity contribution in [1.29, 1.82) is 0 Å². The quantitative estimate of drug-likeness (QED) is 0.361. The molecule has 0 spiro atoms. The van der Waals surface area contributed by atoms with Crippen molar-refractivity contribution in [2.24, 2.45) is 0 Å². The highest BCUT2D eigenvalue weighted by Crippen LogP contribution is 2.30. The molecule has 178 valence electrons. The normalized spacial score (nSPS) is 11.7. The molecule has 0 bridgehead atoms. The van der Waals surface area contributed by atoms with Crippen LogP contribution in [0.2, 0.25) is 0 Å². The van der Waals surface area contributed by atoms with Gasteiger partial charge < -0.3 is 15.8 Å². The van der Waals surface area contributed by atoms with Crippen molar-refractivity contribution in [3.63, 3.8) is 0 Å². The number of halogens is 1. The summed E-state index contributed by atoms with van der Waals surface area (Å²) in [6.07, 6.45) is 1.98. The Labute approximate surface area is 205 Å². The summed E-state index contributed by atoms with van der Waals surface area (Å²) < 4.78 is 22.2. The van der Waals surface area contributed by atoms with E-state index in [0.717, 1.165) is 5.39 Å². The molecule has 1 atom stereocenters. The number of rotatable bonds is 6. The van der Waals surface area contributed by atoms with Crippen LogP contribution in [0, 0.1) is 5.82 Å². The molecule has 36 heavy (non-hydrogen) atoms. The Hall–Kier alpha value is -4.98. The van der Waals surface area contributed by atoms with Gasteiger partial charge in [0.2, 0.25) is 6.10 Å². The number of aromatic nitrogens is 2. The number of hydrogen-bond donors (Lipinski definition) is 2. The average molecular weight is 480 g/mol. The smallest absolute Gasteiger partial charge is 0.270 e. The van der Waals surface area contributed by atoms with Gasteiger partial charge in [0.25, 0.3) is 11.5 Å². The third-order valence-corrected chi connectivity index (χ3v) is 5.68. The van der Waals surface area contributed by atoms with Crippen molar-refractivity contribution >= 4 is 28.2 Å². The van der Waals surface area contributed by atoms with Crippen LogP contribution in [0.1, 0.15) is 11.7 Å². The van der Waals surface area contributed by atoms with E-state index in [1.807, 2.05) is 6.07 Å². The van der Waals surface area contributed by atoms with Crippen molar-refractivity contribution in [1.82, 2.24) is 9.55 Å². The molecule has 2 heterocycles. The number of nitrogens with one attached hydrogen (secondary N) is 1. The van der Waals surface area contributed by atoms with E-state index < -0.39 is 17.8 Å². The van der Waals surface area contributed by atoms with Crippen molar-refractivity contribution in [2.45, 2.75) is 6.10 Å². The van der Waals surface area contributed by atoms with Crippen molar-refractivity contribution in [3.05, 3.63) is 125 Å². The summed E-state index contributed by atoms with van der Waals surface area (Å²) in [5.74, 6) is -0.478. The molecule has 0 saturated carbocycles. The predicted molar refractivity (Wildman–Crippen MR) is 137 cm³/mol. The van der Waals surface area contributed by atoms with Gasteiger partial charge in [0.1, 0.15) is 17.4 Å². The van der Waals surface area contributed by atoms with Gasteiger partial charge in [-0.15, -0.1) is 0 Å². The number of nitrogens with zero attached hydrogens (tertiary/aromatic N) is 2. The zero-order valence-electron chi connectivity index (χ0n) is 19.0. The molecular weight excluding hydrogens is 459 g/mol. The van der Waals surface area contributed by atoms with Crippen molar-refractivity contribution < 1.29 is 13.9 Å². The lowest BCUT2D eigenvalue weighted by Crippen LogP contribution is -2.26. The van der Waals surface area contributed by atoms with Gasteiger partial charge in [-0.3, -0.25) is 14.2 Å². The maximum Gasteiger partial charge on any atom is 0.270 e. The van der Waals surface area contributed by atoms with E-state index in [1.54, 1.807) is 79.1 Å². The molecule has 3 aromatic carbocycles. The second-order valence-corrected chi connectivity index (χ2v) is 8.04. The lowest BCUT2D eigenvalue weighted by Gasteiger charge is -2.20. The molecule has 0 saturated heterocycles. The number of ether oxygens (including phenoxy) is 1. The van der Waals surface area contributed by atoms with Gasteiger partial charge in [0.05, 0.1) is 0 Å². The molecule has 0 aliphatic rings. The van der Waals surface area contributed by atoms with Gasteiger partial charge in [-0.25, -0.2) is 9.37 Å². The van der Waals surface area contributed by atoms with Gasteiger partial charge >= 0.3 is 0 Å². The van der Waals surface area contributed by atoms with Gasteiger partial charge in [-0.2, -0.15) is 0 Å². The minimum absolute atomic E-state index is 0.0849. The van der Waals surface area contributed by atoms with Crippen LogP contribution in [0.3, 0.4) is 0 Å². The largest absolute Gasteiger partial charge is 0.476 e. The first-order chi connectivity index (χ1) is 17.5. The summed E-state index contributed by atoms with van der Waals surface area (Å²) in [4.78, 5) is 29.5. The van der Waals surface area contributed by atoms with E-state index in [1.165, 1.54) is 22.8 Å². The van der Waals surface area contributed by atoms with Gasteiger partial charge in [-0.05, 0) is 60.0 Å². The Balaban J connectivity index is 1.44. The predicted octanol–water partition coefficient (Wildman–Crippen LogP) is 4.87. The Morgan fingerprint density at radius 2 is 1.75 bits per heavy atom. The number of nitrogen functional groups attached to an aromatic ring is 1. The van der Waals surface area contributed by atoms with Gasteiger partial charge in [-0.1, -0.05) is 30.3 Å². The summed E-state index contributed by atoms with van der Waals surface area (Å²) in [6, 6.07) is 24.5. The van der Waals surface area contributed by atoms with Gasteiger partial charge in [0, 0.05) is 40.8 Å². The molecule has 1 amide bonds. The third kappa shape index (κ3) is 4.65. The number of fused-ring (bicyclic) bond motifs is 1. The minimum Gasteiger partial charge on any atom is -0.476 e. The highest BCUT2D eigenvalue weighted by Gasteiger charge is 2.26. The monoisotopic (exact) mass is 480 g/mol. The third-order valence-electron chi connectivity index (χ3n) is 5.68. The molecule has 3 N–H and O–H groups in total. The average Bonchev–Trinajstić information content (AvgIpc) is 2.89. The van der Waals surface area contributed by atoms with E-state index in [-0.39, 0.29) is 11.1 Å². The first kappa shape index (κ1) is 22.8. The first-order valence-electron chi connectivity index (χ1n) is 11.1. The number of hydrogen-bond acceptors (Lipinski definition) is 5. The summed E-state index contributed by atoms with van der Waals surface area (Å²) in [5, 5.41) is 4.30. The molecule has 5 rings (SSSR count). The molecule has 0 radical (unpaired) electrons. The van der Waals surface area contributed by atoms with Crippen LogP contribution in [0.15, 0.2) is 108 Å². The molecular formula is C28H21FN4O3. The second kappa shape index (κ2) is 9.71. The number of anilines is 2. The molecule has 2 aromatic heterocycles. The van der Waals surface area contributed by atoms with E-state index >= 15 is 0 Å². The molecule has 0 aliphatic heterocycles. The topological polar surface area (TPSA) is 99.2 Å². The Bertz CT molecular complexity index is 1620. The Kier molecular flexibility index (Phi) is 6.15. The summed E-state index contributed by atoms with van der Waals surface area (Å²) in [7, 11) is 0. The molecule has 1 unspecified atom stereocenters. The fourth-order valence-electron chi connectivity index (χ4n) is 3.88. The zero-order chi connectivity index (χ0) is 25.1. The highest BCUT2D eigenvalue weighted by atomic mass is 19.1. The maximum atomic E-state index is 14.7. The Morgan fingerprint density at radius 1 is 0.972 bits per heavy atom. The van der Waals surface area contributed by atoms with Crippen LogP contribution in [-0.2, 0) is 4.79 Å². The van der Waals surface area contributed by atoms with E-state index in [2.05, 4.69) is 10.3 Å². The van der Waals surface area contributed by atoms with Crippen molar-refractivity contribution in [3.8, 4) is 11.4 Å². The summed E-state index contributed by atoms with van der Waals surface area (Å²) >= 11 is 0. The molecule has 5 aromatic rings. The number of amides is 1. The molecule has 7 nitrogen and oxygen atoms in total. The van der Waals surface area contributed by atoms with E-state index in [4.69, 9.17) is 10.5 Å². The molecule has 0 fully saturated rings. The standard InChI is InChI=1S/C28H21FN4O3/c29-24-6-2-1-5-22(24)26(36-21-13-8-18-14-15-31-27(30)23(18)17-21)28(35)32-19-9-11-20(12-10-19)33-16-4-3-7-25(33)34/h1-17,26H,(H2,30,31)(H,32,35). The second-order valence-electron chi connectivity index (χ2n) is 8.04. The fraction of sp³-hybridized carbons (Fsp3) is 0.0357. The van der Waals surface area contributed by atoms with Crippen LogP contribution >= 0.6 is 0 Å². The number of carbonyl (C=O) groups is 1. The van der Waals surface area contributed by atoms with Crippen LogP contribution in [0.25, 0.3) is 16.5 Å². The number of nitrogens with two attached hydrogens (primary N) is 1. The number of carbonyl (C=O) groups excluding carboxylic acids is 1. The first-order valence-corrected chi connectivity index (χ1v) is 11.1. The fourth-order valence-corrected chi connectivity index (χ4v) is 3.88. The van der Waals surface area contributed by atoms with E-state index in [9.17, 15) is 14.0 Å². The van der Waals surface area contributed by atoms with Crippen LogP contribution < -0.4 is 21.3 Å². The van der Waals surface area contributed by atoms with Gasteiger partial charge in [0.15, 0.2) is 0 Å². The molecule has 0 aliphatic carbocycles. The lowest BCUT2D eigenvalue weighted by molar-refractivity contribution is -0.123. The van der Waals surface area contributed by atoms with Crippen molar-refractivity contribution in [2.75, 3.05) is 11.1 Å². The Morgan fingerprint density at radius 3 is 2.53 bits per heavy atom. The number of pyridine rings is 2. The highest BCUT2D eigenvalue weighted by molar-refractivity contribution is 5.95. The summed E-state index contributed by atoms with van der Waals surface area (Å²) in [6.45, 7) is 0. The van der Waals surface area contributed by atoms with Crippen LogP contribution in [0.5, 0.6) is 5.75 Å². The number of benzene rings is 3. The van der Waals surface area contributed by atoms with E-state index in [0.29, 0.717) is 28.3 Å². The van der Waals surface area contributed by atoms with Crippen LogP contribution in [0.4, 0.5) is 15.9 Å². The SMILES string of the molecule is Nc1nccc2ccc(OC(C(=O)Nc3ccc(-n4ccccc4=O)cc3)c3ccccc3F)cc12. The lowest BCUT2D eigenvalue weighted by atomic mass is 10.1. The zero-order valence-corrected chi connectivity index (χ0v) is 19.0. The minimum atomic E-state index is -1.28. The van der Waals surface area contributed by atoms with Crippen LogP contribution in [-0.4, -0.2) is 15.5 Å². The maximum absolute atomic E-state index is 14.7.